The average molecular weight is 329 g/mol. The highest BCUT2D eigenvalue weighted by Crippen LogP contribution is 2.31. The zero-order valence-corrected chi connectivity index (χ0v) is 14.2. The number of aryl methyl sites for hydroxylation is 1. The molecule has 0 bridgehead atoms. The number of methoxy groups -OCH3 is 1. The van der Waals surface area contributed by atoms with Crippen molar-refractivity contribution in [3.05, 3.63) is 64.8 Å². The van der Waals surface area contributed by atoms with E-state index in [1.807, 2.05) is 18.2 Å². The highest BCUT2D eigenvalue weighted by Gasteiger charge is 2.16. The van der Waals surface area contributed by atoms with E-state index in [0.717, 1.165) is 12.0 Å². The van der Waals surface area contributed by atoms with Gasteiger partial charge in [0.2, 0.25) is 0 Å². The number of aromatic nitrogens is 1. The fraction of sp³-hybridized carbons (Fsp3) is 0.263. The number of hydrogen-bond acceptors (Lipinski definition) is 2. The second-order valence-electron chi connectivity index (χ2n) is 5.81. The van der Waals surface area contributed by atoms with Gasteiger partial charge in [0, 0.05) is 30.1 Å². The van der Waals surface area contributed by atoms with Gasteiger partial charge in [-0.05, 0) is 42.3 Å². The summed E-state index contributed by atoms with van der Waals surface area (Å²) in [6, 6.07) is 14.4. The predicted molar refractivity (Wildman–Crippen MR) is 96.4 cm³/mol. The Morgan fingerprint density at radius 1 is 1.22 bits per heavy atom. The van der Waals surface area contributed by atoms with Crippen LogP contribution >= 0.6 is 11.6 Å². The number of fused-ring (bicyclic) bond motifs is 1. The number of nitrogens with two attached hydrogens (primary N) is 1. The average Bonchev–Trinajstić information content (AvgIpc) is 2.89. The molecule has 0 fully saturated rings. The molecule has 1 heterocycles. The van der Waals surface area contributed by atoms with Crippen LogP contribution in [0.1, 0.15) is 17.0 Å². The third-order valence-electron chi connectivity index (χ3n) is 4.38. The van der Waals surface area contributed by atoms with Crippen LogP contribution in [0.25, 0.3) is 10.9 Å². The Morgan fingerprint density at radius 3 is 2.70 bits per heavy atom. The minimum absolute atomic E-state index is 0.226. The number of para-hydroxylation sites is 1. The zero-order valence-electron chi connectivity index (χ0n) is 13.4. The Balaban J connectivity index is 1.94. The molecular formula is C19H21ClN2O. The lowest BCUT2D eigenvalue weighted by atomic mass is 9.92. The summed E-state index contributed by atoms with van der Waals surface area (Å²) in [5, 5.41) is 1.91. The first-order chi connectivity index (χ1) is 11.1. The molecule has 4 heteroatoms. The predicted octanol–water partition coefficient (Wildman–Crippen LogP) is 4.13. The van der Waals surface area contributed by atoms with E-state index in [1.165, 1.54) is 16.5 Å². The van der Waals surface area contributed by atoms with E-state index in [1.54, 1.807) is 7.11 Å². The van der Waals surface area contributed by atoms with Gasteiger partial charge < -0.3 is 15.0 Å². The Labute approximate surface area is 141 Å². The lowest BCUT2D eigenvalue weighted by molar-refractivity contribution is 0.414. The standard InChI is InChI=1S/C19H21ClN2O/c1-22-12-15(16-5-3-4-6-18(16)22)9-14(11-21)13-7-8-19(23-2)17(20)10-13/h3-8,10,12,14H,9,11,21H2,1-2H3. The molecule has 0 saturated heterocycles. The molecule has 1 aromatic heterocycles. The molecule has 3 aromatic rings. The van der Waals surface area contributed by atoms with Gasteiger partial charge in [0.25, 0.3) is 0 Å². The first-order valence-electron chi connectivity index (χ1n) is 7.70. The maximum atomic E-state index is 6.26. The molecule has 1 unspecified atom stereocenters. The maximum Gasteiger partial charge on any atom is 0.137 e. The number of benzene rings is 2. The molecule has 0 aliphatic heterocycles. The van der Waals surface area contributed by atoms with Crippen LogP contribution in [0.15, 0.2) is 48.7 Å². The van der Waals surface area contributed by atoms with E-state index in [2.05, 4.69) is 42.1 Å². The number of halogens is 1. The van der Waals surface area contributed by atoms with Crippen molar-refractivity contribution in [3.8, 4) is 5.75 Å². The molecule has 0 amide bonds. The van der Waals surface area contributed by atoms with Gasteiger partial charge in [-0.25, -0.2) is 0 Å². The van der Waals surface area contributed by atoms with Crippen LogP contribution < -0.4 is 10.5 Å². The quantitative estimate of drug-likeness (QED) is 0.765. The number of rotatable bonds is 5. The molecule has 3 nitrogen and oxygen atoms in total. The summed E-state index contributed by atoms with van der Waals surface area (Å²) in [6.07, 6.45) is 3.08. The molecule has 0 aliphatic carbocycles. The van der Waals surface area contributed by atoms with Gasteiger partial charge >= 0.3 is 0 Å². The Kier molecular flexibility index (Phi) is 4.60. The summed E-state index contributed by atoms with van der Waals surface area (Å²) in [7, 11) is 3.70. The first kappa shape index (κ1) is 15.9. The minimum atomic E-state index is 0.226. The van der Waals surface area contributed by atoms with Crippen molar-refractivity contribution >= 4 is 22.5 Å². The maximum absolute atomic E-state index is 6.26. The van der Waals surface area contributed by atoms with Crippen LogP contribution in [0.2, 0.25) is 5.02 Å². The molecule has 23 heavy (non-hydrogen) atoms. The number of hydrogen-bond donors (Lipinski definition) is 1. The summed E-state index contributed by atoms with van der Waals surface area (Å²) in [6.45, 7) is 0.575. The molecule has 0 aliphatic rings. The topological polar surface area (TPSA) is 40.2 Å². The third kappa shape index (κ3) is 3.07. The van der Waals surface area contributed by atoms with E-state index in [-0.39, 0.29) is 5.92 Å². The molecule has 0 spiro atoms. The SMILES string of the molecule is COc1ccc(C(CN)Cc2cn(C)c3ccccc23)cc1Cl. The number of nitrogens with zero attached hydrogens (tertiary/aromatic N) is 1. The van der Waals surface area contributed by atoms with Crippen LogP contribution in [0.5, 0.6) is 5.75 Å². The van der Waals surface area contributed by atoms with Gasteiger partial charge in [0.1, 0.15) is 5.75 Å². The lowest BCUT2D eigenvalue weighted by Crippen LogP contribution is -2.15. The summed E-state index contributed by atoms with van der Waals surface area (Å²) in [4.78, 5) is 0. The van der Waals surface area contributed by atoms with Crippen molar-refractivity contribution in [1.29, 1.82) is 0 Å². The molecule has 0 radical (unpaired) electrons. The van der Waals surface area contributed by atoms with Crippen molar-refractivity contribution in [2.75, 3.05) is 13.7 Å². The Bertz CT molecular complexity index is 825. The van der Waals surface area contributed by atoms with E-state index >= 15 is 0 Å². The van der Waals surface area contributed by atoms with Gasteiger partial charge in [-0.1, -0.05) is 35.9 Å². The molecule has 120 valence electrons. The van der Waals surface area contributed by atoms with E-state index in [4.69, 9.17) is 22.1 Å². The van der Waals surface area contributed by atoms with Crippen LogP contribution in [0, 0.1) is 0 Å². The second kappa shape index (κ2) is 6.65. The van der Waals surface area contributed by atoms with Gasteiger partial charge in [0.15, 0.2) is 0 Å². The Morgan fingerprint density at radius 2 is 2.00 bits per heavy atom. The van der Waals surface area contributed by atoms with Crippen molar-refractivity contribution in [1.82, 2.24) is 4.57 Å². The van der Waals surface area contributed by atoms with Crippen molar-refractivity contribution in [3.63, 3.8) is 0 Å². The van der Waals surface area contributed by atoms with Crippen molar-refractivity contribution < 1.29 is 4.74 Å². The van der Waals surface area contributed by atoms with Crippen LogP contribution in [0.4, 0.5) is 0 Å². The smallest absolute Gasteiger partial charge is 0.137 e. The molecule has 2 N–H and O–H groups in total. The fourth-order valence-corrected chi connectivity index (χ4v) is 3.39. The molecule has 0 saturated carbocycles. The van der Waals surface area contributed by atoms with Gasteiger partial charge in [0.05, 0.1) is 12.1 Å². The molecular weight excluding hydrogens is 308 g/mol. The van der Waals surface area contributed by atoms with Crippen molar-refractivity contribution in [2.45, 2.75) is 12.3 Å². The first-order valence-corrected chi connectivity index (χ1v) is 8.08. The summed E-state index contributed by atoms with van der Waals surface area (Å²) in [5.74, 6) is 0.917. The van der Waals surface area contributed by atoms with E-state index in [0.29, 0.717) is 17.3 Å². The van der Waals surface area contributed by atoms with Gasteiger partial charge in [-0.15, -0.1) is 0 Å². The van der Waals surface area contributed by atoms with E-state index in [9.17, 15) is 0 Å². The summed E-state index contributed by atoms with van der Waals surface area (Å²) in [5.41, 5.74) is 9.74. The van der Waals surface area contributed by atoms with Crippen molar-refractivity contribution in [2.24, 2.45) is 12.8 Å². The largest absolute Gasteiger partial charge is 0.495 e. The molecule has 1 atom stereocenters. The second-order valence-corrected chi connectivity index (χ2v) is 6.22. The number of ether oxygens (including phenoxy) is 1. The van der Waals surface area contributed by atoms with Gasteiger partial charge in [-0.3, -0.25) is 0 Å². The summed E-state index contributed by atoms with van der Waals surface area (Å²) >= 11 is 6.26. The van der Waals surface area contributed by atoms with E-state index < -0.39 is 0 Å². The molecule has 3 rings (SSSR count). The fourth-order valence-electron chi connectivity index (χ4n) is 3.13. The minimum Gasteiger partial charge on any atom is -0.495 e. The highest BCUT2D eigenvalue weighted by molar-refractivity contribution is 6.32. The van der Waals surface area contributed by atoms with Crippen LogP contribution in [0.3, 0.4) is 0 Å². The normalized spacial score (nSPS) is 12.5. The van der Waals surface area contributed by atoms with Gasteiger partial charge in [-0.2, -0.15) is 0 Å². The van der Waals surface area contributed by atoms with Crippen LogP contribution in [-0.4, -0.2) is 18.2 Å². The summed E-state index contributed by atoms with van der Waals surface area (Å²) < 4.78 is 7.39. The van der Waals surface area contributed by atoms with Crippen LogP contribution in [-0.2, 0) is 13.5 Å². The third-order valence-corrected chi connectivity index (χ3v) is 4.67. The monoisotopic (exact) mass is 328 g/mol. The zero-order chi connectivity index (χ0) is 16.4. The Hall–Kier alpha value is -1.97. The molecule has 2 aromatic carbocycles. The highest BCUT2D eigenvalue weighted by atomic mass is 35.5. The lowest BCUT2D eigenvalue weighted by Gasteiger charge is -2.16.